The summed E-state index contributed by atoms with van der Waals surface area (Å²) in [7, 11) is 0. The SMILES string of the molecule is O=C=NCc1cccc2c1OCOC2. The van der Waals surface area contributed by atoms with Crippen LogP contribution in [-0.4, -0.2) is 12.9 Å². The van der Waals surface area contributed by atoms with Gasteiger partial charge in [-0.2, -0.15) is 0 Å². The zero-order valence-electron chi connectivity index (χ0n) is 7.53. The normalized spacial score (nSPS) is 13.7. The summed E-state index contributed by atoms with van der Waals surface area (Å²) in [6.45, 7) is 1.12. The molecule has 0 amide bonds. The number of benzene rings is 1. The number of carbonyl (C=O) groups excluding carboxylic acids is 1. The molecule has 1 heterocycles. The molecule has 1 aromatic carbocycles. The molecule has 0 saturated heterocycles. The zero-order chi connectivity index (χ0) is 9.80. The summed E-state index contributed by atoms with van der Waals surface area (Å²) >= 11 is 0. The van der Waals surface area contributed by atoms with Crippen molar-refractivity contribution in [3.63, 3.8) is 0 Å². The van der Waals surface area contributed by atoms with Crippen LogP contribution >= 0.6 is 0 Å². The molecule has 0 unspecified atom stereocenters. The number of ether oxygens (including phenoxy) is 2. The summed E-state index contributed by atoms with van der Waals surface area (Å²) in [4.78, 5) is 13.5. The van der Waals surface area contributed by atoms with Crippen molar-refractivity contribution in [1.82, 2.24) is 0 Å². The van der Waals surface area contributed by atoms with Gasteiger partial charge in [-0.15, -0.1) is 0 Å². The van der Waals surface area contributed by atoms with Crippen LogP contribution in [0.1, 0.15) is 11.1 Å². The number of aliphatic imine (C=N–C) groups is 1. The Morgan fingerprint density at radius 2 is 2.43 bits per heavy atom. The summed E-state index contributed by atoms with van der Waals surface area (Å²) in [5, 5.41) is 0. The lowest BCUT2D eigenvalue weighted by atomic mass is 10.1. The van der Waals surface area contributed by atoms with Crippen LogP contribution < -0.4 is 4.74 Å². The molecule has 0 atom stereocenters. The van der Waals surface area contributed by atoms with Crippen LogP contribution in [0.3, 0.4) is 0 Å². The van der Waals surface area contributed by atoms with Crippen LogP contribution in [0.15, 0.2) is 23.2 Å². The predicted octanol–water partition coefficient (Wildman–Crippen LogP) is 1.39. The van der Waals surface area contributed by atoms with Gasteiger partial charge in [-0.3, -0.25) is 0 Å². The van der Waals surface area contributed by atoms with Crippen LogP contribution in [-0.2, 0) is 22.7 Å². The molecule has 4 nitrogen and oxygen atoms in total. The maximum atomic E-state index is 9.99. The van der Waals surface area contributed by atoms with Crippen LogP contribution in [0.5, 0.6) is 5.75 Å². The summed E-state index contributed by atoms with van der Waals surface area (Å²) in [6.07, 6.45) is 1.51. The molecule has 2 rings (SSSR count). The number of para-hydroxylation sites is 1. The quantitative estimate of drug-likeness (QED) is 0.524. The second-order valence-electron chi connectivity index (χ2n) is 2.92. The molecule has 0 aromatic heterocycles. The molecule has 0 N–H and O–H groups in total. The molecule has 0 radical (unpaired) electrons. The molecule has 1 aliphatic rings. The zero-order valence-corrected chi connectivity index (χ0v) is 7.53. The van der Waals surface area contributed by atoms with Crippen LogP contribution in [0, 0.1) is 0 Å². The first-order valence-corrected chi connectivity index (χ1v) is 4.27. The van der Waals surface area contributed by atoms with E-state index in [1.165, 1.54) is 6.08 Å². The smallest absolute Gasteiger partial charge is 0.235 e. The van der Waals surface area contributed by atoms with Crippen LogP contribution in [0.2, 0.25) is 0 Å². The van der Waals surface area contributed by atoms with Crippen molar-refractivity contribution in [1.29, 1.82) is 0 Å². The fourth-order valence-electron chi connectivity index (χ4n) is 1.43. The molecule has 0 fully saturated rings. The molecular weight excluding hydrogens is 182 g/mol. The minimum Gasteiger partial charge on any atom is -0.467 e. The summed E-state index contributed by atoms with van der Waals surface area (Å²) in [5.74, 6) is 0.790. The minimum atomic E-state index is 0.259. The third-order valence-electron chi connectivity index (χ3n) is 2.04. The van der Waals surface area contributed by atoms with Gasteiger partial charge in [0.2, 0.25) is 6.08 Å². The lowest BCUT2D eigenvalue weighted by Gasteiger charge is -2.19. The monoisotopic (exact) mass is 191 g/mol. The number of isocyanates is 1. The van der Waals surface area contributed by atoms with Gasteiger partial charge in [0.15, 0.2) is 6.79 Å². The van der Waals surface area contributed by atoms with E-state index in [0.29, 0.717) is 13.2 Å². The molecule has 72 valence electrons. The van der Waals surface area contributed by atoms with E-state index in [4.69, 9.17) is 9.47 Å². The summed E-state index contributed by atoms with van der Waals surface area (Å²) in [5.41, 5.74) is 1.89. The van der Waals surface area contributed by atoms with E-state index in [1.54, 1.807) is 0 Å². The Bertz CT molecular complexity index is 383. The van der Waals surface area contributed by atoms with E-state index in [1.807, 2.05) is 18.2 Å². The summed E-state index contributed by atoms with van der Waals surface area (Å²) < 4.78 is 10.5. The predicted molar refractivity (Wildman–Crippen MR) is 48.6 cm³/mol. The van der Waals surface area contributed by atoms with Crippen molar-refractivity contribution in [2.45, 2.75) is 13.2 Å². The van der Waals surface area contributed by atoms with Gasteiger partial charge in [-0.1, -0.05) is 18.2 Å². The topological polar surface area (TPSA) is 47.9 Å². The van der Waals surface area contributed by atoms with Gasteiger partial charge in [0.25, 0.3) is 0 Å². The second kappa shape index (κ2) is 4.05. The Kier molecular flexibility index (Phi) is 2.58. The van der Waals surface area contributed by atoms with Crippen molar-refractivity contribution >= 4 is 6.08 Å². The molecule has 0 aliphatic carbocycles. The van der Waals surface area contributed by atoms with Crippen LogP contribution in [0.25, 0.3) is 0 Å². The number of hydrogen-bond donors (Lipinski definition) is 0. The molecule has 0 spiro atoms. The maximum absolute atomic E-state index is 9.99. The van der Waals surface area contributed by atoms with E-state index < -0.39 is 0 Å². The fourth-order valence-corrected chi connectivity index (χ4v) is 1.43. The minimum absolute atomic E-state index is 0.259. The first-order chi connectivity index (χ1) is 6.92. The lowest BCUT2D eigenvalue weighted by molar-refractivity contribution is -0.0170. The Hall–Kier alpha value is -1.64. The molecule has 0 saturated carbocycles. The van der Waals surface area contributed by atoms with Gasteiger partial charge in [0.1, 0.15) is 5.75 Å². The van der Waals surface area contributed by atoms with Crippen molar-refractivity contribution in [3.8, 4) is 5.75 Å². The van der Waals surface area contributed by atoms with Gasteiger partial charge in [0, 0.05) is 11.1 Å². The van der Waals surface area contributed by atoms with Gasteiger partial charge in [-0.05, 0) is 0 Å². The standard InChI is InChI=1S/C10H9NO3/c12-6-11-4-8-2-1-3-9-5-13-7-14-10(8)9/h1-3H,4-5,7H2. The van der Waals surface area contributed by atoms with Crippen molar-refractivity contribution in [2.24, 2.45) is 4.99 Å². The third-order valence-corrected chi connectivity index (χ3v) is 2.04. The average molecular weight is 191 g/mol. The van der Waals surface area contributed by atoms with Gasteiger partial charge in [0.05, 0.1) is 13.2 Å². The number of fused-ring (bicyclic) bond motifs is 1. The average Bonchev–Trinajstić information content (AvgIpc) is 2.26. The molecule has 4 heteroatoms. The first kappa shape index (κ1) is 8.94. The first-order valence-electron chi connectivity index (χ1n) is 4.27. The van der Waals surface area contributed by atoms with Gasteiger partial charge >= 0.3 is 0 Å². The van der Waals surface area contributed by atoms with Crippen molar-refractivity contribution in [2.75, 3.05) is 6.79 Å². The Labute approximate surface area is 81.2 Å². The highest BCUT2D eigenvalue weighted by molar-refractivity contribution is 5.43. The molecule has 1 aliphatic heterocycles. The largest absolute Gasteiger partial charge is 0.467 e. The number of rotatable bonds is 2. The Morgan fingerprint density at radius 1 is 1.50 bits per heavy atom. The highest BCUT2D eigenvalue weighted by Crippen LogP contribution is 2.28. The highest BCUT2D eigenvalue weighted by atomic mass is 16.7. The van der Waals surface area contributed by atoms with E-state index in [2.05, 4.69) is 4.99 Å². The van der Waals surface area contributed by atoms with Gasteiger partial charge < -0.3 is 9.47 Å². The molecular formula is C10H9NO3. The Balaban J connectivity index is 2.34. The highest BCUT2D eigenvalue weighted by Gasteiger charge is 2.13. The maximum Gasteiger partial charge on any atom is 0.235 e. The Morgan fingerprint density at radius 3 is 3.29 bits per heavy atom. The number of hydrogen-bond acceptors (Lipinski definition) is 4. The lowest BCUT2D eigenvalue weighted by Crippen LogP contribution is -2.12. The van der Waals surface area contributed by atoms with Crippen LogP contribution in [0.4, 0.5) is 0 Å². The van der Waals surface area contributed by atoms with E-state index >= 15 is 0 Å². The van der Waals surface area contributed by atoms with Crippen molar-refractivity contribution < 1.29 is 14.3 Å². The van der Waals surface area contributed by atoms with Gasteiger partial charge in [-0.25, -0.2) is 9.79 Å². The van der Waals surface area contributed by atoms with E-state index in [-0.39, 0.29) is 6.79 Å². The number of nitrogens with zero attached hydrogens (tertiary/aromatic N) is 1. The third kappa shape index (κ3) is 1.66. The molecule has 1 aromatic rings. The second-order valence-corrected chi connectivity index (χ2v) is 2.92. The van der Waals surface area contributed by atoms with E-state index in [9.17, 15) is 4.79 Å². The van der Waals surface area contributed by atoms with Crippen molar-refractivity contribution in [3.05, 3.63) is 29.3 Å². The fraction of sp³-hybridized carbons (Fsp3) is 0.300. The molecule has 14 heavy (non-hydrogen) atoms. The molecule has 0 bridgehead atoms. The summed E-state index contributed by atoms with van der Waals surface area (Å²) in [6, 6.07) is 5.71. The van der Waals surface area contributed by atoms with E-state index in [0.717, 1.165) is 16.9 Å².